The van der Waals surface area contributed by atoms with Gasteiger partial charge in [0.15, 0.2) is 24.8 Å². The van der Waals surface area contributed by atoms with Crippen LogP contribution in [0.1, 0.15) is 27.8 Å². The van der Waals surface area contributed by atoms with Gasteiger partial charge < -0.3 is 52.1 Å². The summed E-state index contributed by atoms with van der Waals surface area (Å²) in [5, 5.41) is 0. The van der Waals surface area contributed by atoms with Crippen LogP contribution in [0.15, 0.2) is 152 Å². The van der Waals surface area contributed by atoms with Gasteiger partial charge in [0.25, 0.3) is 0 Å². The summed E-state index contributed by atoms with van der Waals surface area (Å²) in [6.07, 6.45) is -9.53. The average molecular weight is 833 g/mol. The fraction of sp³-hybridized carbons (Fsp3) is 0.367. The van der Waals surface area contributed by atoms with Crippen LogP contribution in [-0.2, 0) is 85.1 Å². The molecule has 5 aromatic carbocycles. The van der Waals surface area contributed by atoms with Crippen LogP contribution in [-0.4, -0.2) is 87.9 Å². The molecule has 61 heavy (non-hydrogen) atoms. The molecule has 12 nitrogen and oxygen atoms in total. The van der Waals surface area contributed by atoms with Gasteiger partial charge in [-0.15, -0.1) is 0 Å². The Balaban J connectivity index is 1.08. The molecule has 3 aliphatic heterocycles. The van der Waals surface area contributed by atoms with Gasteiger partial charge >= 0.3 is 6.16 Å². The van der Waals surface area contributed by atoms with Crippen LogP contribution in [0.3, 0.4) is 0 Å². The lowest BCUT2D eigenvalue weighted by Gasteiger charge is -2.48. The maximum atomic E-state index is 13.0. The number of hydrogen-bond donors (Lipinski definition) is 0. The molecule has 0 saturated carbocycles. The van der Waals surface area contributed by atoms with E-state index in [0.717, 1.165) is 27.8 Å². The lowest BCUT2D eigenvalue weighted by Crippen LogP contribution is -2.65. The molecule has 0 bridgehead atoms. The number of hydrogen-bond acceptors (Lipinski definition) is 12. The van der Waals surface area contributed by atoms with E-state index in [2.05, 4.69) is 0 Å². The second-order valence-electron chi connectivity index (χ2n) is 15.1. The first kappa shape index (κ1) is 42.7. The van der Waals surface area contributed by atoms with E-state index in [9.17, 15) is 4.79 Å². The number of carbonyl (C=O) groups excluding carboxylic acids is 1. The maximum absolute atomic E-state index is 13.0. The molecule has 12 heteroatoms. The molecule has 0 aliphatic carbocycles. The molecule has 5 aromatic rings. The normalized spacial score (nSPS) is 27.2. The Hall–Kier alpha value is -4.99. The predicted octanol–water partition coefficient (Wildman–Crippen LogP) is 7.56. The van der Waals surface area contributed by atoms with Gasteiger partial charge in [-0.25, -0.2) is 4.79 Å². The quantitative estimate of drug-likeness (QED) is 0.0721. The minimum Gasteiger partial charge on any atom is -0.424 e. The summed E-state index contributed by atoms with van der Waals surface area (Å²) in [5.41, 5.74) is 4.86. The van der Waals surface area contributed by atoms with Crippen molar-refractivity contribution in [1.29, 1.82) is 0 Å². The molecule has 3 aliphatic rings. The number of rotatable bonds is 20. The molecule has 3 heterocycles. The minimum atomic E-state index is -1.17. The van der Waals surface area contributed by atoms with Crippen LogP contribution in [0.2, 0.25) is 0 Å². The van der Waals surface area contributed by atoms with Crippen molar-refractivity contribution in [1.82, 2.24) is 0 Å². The van der Waals surface area contributed by atoms with Crippen molar-refractivity contribution in [2.24, 2.45) is 0 Å². The largest absolute Gasteiger partial charge is 0.509 e. The zero-order valence-corrected chi connectivity index (χ0v) is 34.1. The summed E-state index contributed by atoms with van der Waals surface area (Å²) in [6, 6.07) is 49.2. The highest BCUT2D eigenvalue weighted by Gasteiger charge is 2.58. The second kappa shape index (κ2) is 21.7. The van der Waals surface area contributed by atoms with E-state index in [-0.39, 0.29) is 33.0 Å². The van der Waals surface area contributed by atoms with Gasteiger partial charge in [-0.2, -0.15) is 0 Å². The number of fused-ring (bicyclic) bond motifs is 1. The predicted molar refractivity (Wildman–Crippen MR) is 222 cm³/mol. The average Bonchev–Trinajstić information content (AvgIpc) is 3.71. The third-order valence-electron chi connectivity index (χ3n) is 10.8. The van der Waals surface area contributed by atoms with Crippen molar-refractivity contribution in [2.75, 3.05) is 20.3 Å². The van der Waals surface area contributed by atoms with Gasteiger partial charge in [0.1, 0.15) is 36.6 Å². The van der Waals surface area contributed by atoms with Crippen molar-refractivity contribution in [3.05, 3.63) is 179 Å². The lowest BCUT2D eigenvalue weighted by atomic mass is 9.96. The Labute approximate surface area is 356 Å². The Bertz CT molecular complexity index is 2030. The molecule has 0 spiro atoms. The molecule has 0 N–H and O–H groups in total. The molecule has 10 atom stereocenters. The highest BCUT2D eigenvalue weighted by molar-refractivity contribution is 5.63. The lowest BCUT2D eigenvalue weighted by molar-refractivity contribution is -0.367. The van der Waals surface area contributed by atoms with Crippen molar-refractivity contribution in [2.45, 2.75) is 94.4 Å². The van der Waals surface area contributed by atoms with Crippen LogP contribution >= 0.6 is 0 Å². The number of benzene rings is 5. The van der Waals surface area contributed by atoms with Crippen molar-refractivity contribution < 1.29 is 56.9 Å². The highest BCUT2D eigenvalue weighted by Crippen LogP contribution is 2.38. The van der Waals surface area contributed by atoms with E-state index in [1.807, 2.05) is 152 Å². The number of ether oxygens (including phenoxy) is 11. The molecule has 0 aromatic heterocycles. The first-order chi connectivity index (χ1) is 30.1. The van der Waals surface area contributed by atoms with E-state index in [1.54, 1.807) is 7.11 Å². The molecular weight excluding hydrogens is 781 g/mol. The van der Waals surface area contributed by atoms with E-state index >= 15 is 0 Å². The Morgan fingerprint density at radius 3 is 1.26 bits per heavy atom. The summed E-state index contributed by atoms with van der Waals surface area (Å²) >= 11 is 0. The summed E-state index contributed by atoms with van der Waals surface area (Å²) in [7, 11) is 1.54. The molecule has 8 rings (SSSR count). The van der Waals surface area contributed by atoms with Crippen LogP contribution in [0.25, 0.3) is 0 Å². The van der Waals surface area contributed by atoms with Crippen LogP contribution in [0, 0.1) is 0 Å². The molecular formula is C49H52O12. The molecule has 0 unspecified atom stereocenters. The summed E-state index contributed by atoms with van der Waals surface area (Å²) in [4.78, 5) is 13.0. The summed E-state index contributed by atoms with van der Waals surface area (Å²) in [5.74, 6) is 0. The number of methoxy groups -OCH3 is 1. The van der Waals surface area contributed by atoms with Crippen molar-refractivity contribution >= 4 is 6.16 Å². The van der Waals surface area contributed by atoms with Crippen molar-refractivity contribution in [3.8, 4) is 0 Å². The van der Waals surface area contributed by atoms with Gasteiger partial charge in [-0.05, 0) is 27.8 Å². The van der Waals surface area contributed by atoms with Gasteiger partial charge in [-0.3, -0.25) is 0 Å². The molecule has 320 valence electrons. The monoisotopic (exact) mass is 832 g/mol. The summed E-state index contributed by atoms with van der Waals surface area (Å²) in [6.45, 7) is 1.69. The Morgan fingerprint density at radius 2 is 0.803 bits per heavy atom. The van der Waals surface area contributed by atoms with Crippen molar-refractivity contribution in [3.63, 3.8) is 0 Å². The Kier molecular flexibility index (Phi) is 15.2. The van der Waals surface area contributed by atoms with Crippen LogP contribution < -0.4 is 0 Å². The minimum absolute atomic E-state index is 0.0986. The van der Waals surface area contributed by atoms with Gasteiger partial charge in [0.2, 0.25) is 0 Å². The van der Waals surface area contributed by atoms with Crippen LogP contribution in [0.5, 0.6) is 0 Å². The zero-order valence-electron chi connectivity index (χ0n) is 34.1. The number of carbonyl (C=O) groups is 1. The fourth-order valence-corrected chi connectivity index (χ4v) is 7.76. The van der Waals surface area contributed by atoms with Gasteiger partial charge in [-0.1, -0.05) is 152 Å². The molecule has 3 saturated heterocycles. The zero-order chi connectivity index (χ0) is 41.6. The van der Waals surface area contributed by atoms with Crippen LogP contribution in [0.4, 0.5) is 4.79 Å². The van der Waals surface area contributed by atoms with E-state index in [4.69, 9.17) is 52.1 Å². The third kappa shape index (κ3) is 11.5. The first-order valence-electron chi connectivity index (χ1n) is 20.7. The topological polar surface area (TPSA) is 119 Å². The first-order valence-corrected chi connectivity index (χ1v) is 20.7. The third-order valence-corrected chi connectivity index (χ3v) is 10.8. The smallest absolute Gasteiger partial charge is 0.424 e. The summed E-state index contributed by atoms with van der Waals surface area (Å²) < 4.78 is 70.6. The standard InChI is InChI=1S/C49H52O12/c1-51-47-45(59-48-46-44(60-49(50)61-46)42(55-30-37-23-13-5-14-24-37)40(58-48)33-53-28-35-19-9-3-10-20-35)43(56-31-38-25-15-6-16-26-38)41(54-29-36-21-11-4-12-22-36)39(57-47)32-52-27-34-17-7-2-8-18-34/h2-26,39-48H,27-33H2,1H3/t39-,40-,41-,42-,43+,44+,45-,46-,47+,48+/m1/s1. The fourth-order valence-electron chi connectivity index (χ4n) is 7.76. The SMILES string of the molecule is CO[C@H]1O[C@H](COCc2ccccc2)[C@@H](OCc2ccccc2)[C@H](OCc2ccccc2)[C@H]1O[C@@H]1O[C@H](COCc2ccccc2)[C@@H](OCc2ccccc2)[C@@H]2OC(=O)O[C@@H]12. The molecule has 3 fully saturated rings. The maximum Gasteiger partial charge on any atom is 0.509 e. The second-order valence-corrected chi connectivity index (χ2v) is 15.1. The van der Waals surface area contributed by atoms with Gasteiger partial charge in [0, 0.05) is 7.11 Å². The molecule has 0 radical (unpaired) electrons. The Morgan fingerprint density at radius 1 is 0.426 bits per heavy atom. The van der Waals surface area contributed by atoms with E-state index in [1.165, 1.54) is 0 Å². The molecule has 0 amide bonds. The van der Waals surface area contributed by atoms with E-state index < -0.39 is 67.6 Å². The highest BCUT2D eigenvalue weighted by atomic mass is 16.8. The van der Waals surface area contributed by atoms with Gasteiger partial charge in [0.05, 0.1) is 46.2 Å². The van der Waals surface area contributed by atoms with E-state index in [0.29, 0.717) is 13.2 Å².